The number of pyridine rings is 2. The van der Waals surface area contributed by atoms with Crippen LogP contribution in [0.1, 0.15) is 11.3 Å². The number of carbonyl (C=O) groups is 1. The Labute approximate surface area is 160 Å². The number of rotatable bonds is 5. The van der Waals surface area contributed by atoms with Crippen LogP contribution in [-0.4, -0.2) is 25.7 Å². The van der Waals surface area contributed by atoms with Crippen LogP contribution >= 0.6 is 11.6 Å². The van der Waals surface area contributed by atoms with Crippen LogP contribution in [0.2, 0.25) is 5.02 Å². The van der Waals surface area contributed by atoms with E-state index in [-0.39, 0.29) is 12.3 Å². The average Bonchev–Trinajstić information content (AvgIpc) is 3.10. The third-order valence-electron chi connectivity index (χ3n) is 4.14. The largest absolute Gasteiger partial charge is 0.352 e. The van der Waals surface area contributed by atoms with E-state index in [4.69, 9.17) is 11.6 Å². The summed E-state index contributed by atoms with van der Waals surface area (Å²) in [5.74, 6) is -0.0941. The highest BCUT2D eigenvalue weighted by molar-refractivity contribution is 6.30. The van der Waals surface area contributed by atoms with Crippen molar-refractivity contribution in [2.45, 2.75) is 13.0 Å². The zero-order valence-corrected chi connectivity index (χ0v) is 15.1. The van der Waals surface area contributed by atoms with E-state index in [1.165, 1.54) is 0 Å². The van der Waals surface area contributed by atoms with Gasteiger partial charge in [-0.3, -0.25) is 14.8 Å². The van der Waals surface area contributed by atoms with Crippen LogP contribution in [0.5, 0.6) is 0 Å². The molecular weight excluding hydrogens is 362 g/mol. The molecule has 1 N–H and O–H groups in total. The molecule has 0 atom stereocenters. The highest BCUT2D eigenvalue weighted by Gasteiger charge is 2.09. The maximum Gasteiger partial charge on any atom is 0.226 e. The Kier molecular flexibility index (Phi) is 4.80. The number of carbonyl (C=O) groups excluding carboxylic acids is 1. The summed E-state index contributed by atoms with van der Waals surface area (Å²) in [5.41, 5.74) is 3.44. The third-order valence-corrected chi connectivity index (χ3v) is 4.37. The quantitative estimate of drug-likeness (QED) is 0.579. The Morgan fingerprint density at radius 2 is 1.96 bits per heavy atom. The van der Waals surface area contributed by atoms with E-state index in [0.717, 1.165) is 22.2 Å². The predicted molar refractivity (Wildman–Crippen MR) is 104 cm³/mol. The minimum atomic E-state index is -0.0941. The van der Waals surface area contributed by atoms with Gasteiger partial charge in [-0.25, -0.2) is 4.68 Å². The molecule has 27 heavy (non-hydrogen) atoms. The molecule has 0 fully saturated rings. The van der Waals surface area contributed by atoms with Gasteiger partial charge in [-0.2, -0.15) is 5.10 Å². The molecule has 3 aromatic heterocycles. The molecule has 6 nitrogen and oxygen atoms in total. The fourth-order valence-electron chi connectivity index (χ4n) is 2.83. The first kappa shape index (κ1) is 17.2. The zero-order chi connectivity index (χ0) is 18.6. The Balaban J connectivity index is 1.46. The number of amides is 1. The molecule has 3 heterocycles. The van der Waals surface area contributed by atoms with E-state index in [0.29, 0.717) is 17.3 Å². The van der Waals surface area contributed by atoms with Gasteiger partial charge in [-0.15, -0.1) is 0 Å². The molecule has 0 bridgehead atoms. The molecule has 0 radical (unpaired) electrons. The lowest BCUT2D eigenvalue weighted by molar-refractivity contribution is -0.120. The molecule has 134 valence electrons. The Bertz CT molecular complexity index is 1090. The molecule has 0 aliphatic rings. The maximum atomic E-state index is 12.2. The summed E-state index contributed by atoms with van der Waals surface area (Å²) in [6.45, 7) is 0.432. The molecule has 4 aromatic rings. The fraction of sp³-hybridized carbons (Fsp3) is 0.100. The van der Waals surface area contributed by atoms with Crippen molar-refractivity contribution in [3.8, 4) is 5.69 Å². The first-order valence-electron chi connectivity index (χ1n) is 8.43. The van der Waals surface area contributed by atoms with Crippen LogP contribution in [0.25, 0.3) is 16.6 Å². The van der Waals surface area contributed by atoms with E-state index in [2.05, 4.69) is 20.4 Å². The van der Waals surface area contributed by atoms with Gasteiger partial charge in [0.15, 0.2) is 0 Å². The van der Waals surface area contributed by atoms with Crippen LogP contribution < -0.4 is 5.32 Å². The second-order valence-corrected chi connectivity index (χ2v) is 6.52. The number of hydrogen-bond donors (Lipinski definition) is 1. The number of hydrogen-bond acceptors (Lipinski definition) is 4. The normalized spacial score (nSPS) is 10.9. The number of aromatic nitrogens is 4. The number of fused-ring (bicyclic) bond motifs is 1. The summed E-state index contributed by atoms with van der Waals surface area (Å²) in [6, 6.07) is 13.1. The lowest BCUT2D eigenvalue weighted by atomic mass is 10.2. The van der Waals surface area contributed by atoms with Crippen LogP contribution in [0.4, 0.5) is 0 Å². The molecule has 4 rings (SSSR count). The molecule has 0 unspecified atom stereocenters. The van der Waals surface area contributed by atoms with Gasteiger partial charge in [0, 0.05) is 29.3 Å². The summed E-state index contributed by atoms with van der Waals surface area (Å²) in [6.07, 6.45) is 7.15. The number of nitrogens with zero attached hydrogens (tertiary/aromatic N) is 4. The molecule has 0 saturated carbocycles. The first-order chi connectivity index (χ1) is 13.2. The standard InChI is InChI=1S/C20H16ClN5O/c21-16-3-1-2-14(8-16)11-24-20(27)10-17-9-15-12-25-26(19(15)13-23-17)18-4-6-22-7-5-18/h1-9,12-13H,10-11H2,(H,24,27). The van der Waals surface area contributed by atoms with E-state index in [9.17, 15) is 4.79 Å². The van der Waals surface area contributed by atoms with Gasteiger partial charge >= 0.3 is 0 Å². The minimum absolute atomic E-state index is 0.0941. The number of benzene rings is 1. The van der Waals surface area contributed by atoms with Crippen LogP contribution in [-0.2, 0) is 17.8 Å². The first-order valence-corrected chi connectivity index (χ1v) is 8.81. The highest BCUT2D eigenvalue weighted by atomic mass is 35.5. The molecule has 0 aliphatic carbocycles. The molecule has 0 aliphatic heterocycles. The lowest BCUT2D eigenvalue weighted by Gasteiger charge is -2.06. The summed E-state index contributed by atoms with van der Waals surface area (Å²) in [7, 11) is 0. The monoisotopic (exact) mass is 377 g/mol. The number of halogens is 1. The molecular formula is C20H16ClN5O. The summed E-state index contributed by atoms with van der Waals surface area (Å²) >= 11 is 5.96. The van der Waals surface area contributed by atoms with Gasteiger partial charge in [0.2, 0.25) is 5.91 Å². The Morgan fingerprint density at radius 3 is 2.78 bits per heavy atom. The van der Waals surface area contributed by atoms with Gasteiger partial charge in [-0.1, -0.05) is 23.7 Å². The van der Waals surface area contributed by atoms with Gasteiger partial charge in [-0.05, 0) is 35.9 Å². The van der Waals surface area contributed by atoms with Crippen molar-refractivity contribution in [2.24, 2.45) is 0 Å². The molecule has 0 spiro atoms. The predicted octanol–water partition coefficient (Wildman–Crippen LogP) is 3.33. The molecule has 7 heteroatoms. The fourth-order valence-corrected chi connectivity index (χ4v) is 3.05. The molecule has 1 amide bonds. The maximum absolute atomic E-state index is 12.2. The molecule has 0 saturated heterocycles. The second-order valence-electron chi connectivity index (χ2n) is 6.08. The van der Waals surface area contributed by atoms with Crippen LogP contribution in [0.3, 0.4) is 0 Å². The van der Waals surface area contributed by atoms with Crippen molar-refractivity contribution in [2.75, 3.05) is 0 Å². The lowest BCUT2D eigenvalue weighted by Crippen LogP contribution is -2.24. The summed E-state index contributed by atoms with van der Waals surface area (Å²) in [5, 5.41) is 8.88. The van der Waals surface area contributed by atoms with E-state index < -0.39 is 0 Å². The van der Waals surface area contributed by atoms with Crippen molar-refractivity contribution >= 4 is 28.4 Å². The Hall–Kier alpha value is -3.25. The average molecular weight is 378 g/mol. The van der Waals surface area contributed by atoms with Crippen molar-refractivity contribution in [3.63, 3.8) is 0 Å². The van der Waals surface area contributed by atoms with E-state index >= 15 is 0 Å². The SMILES string of the molecule is O=C(Cc1cc2cnn(-c3ccncc3)c2cn1)NCc1cccc(Cl)c1. The zero-order valence-electron chi connectivity index (χ0n) is 14.3. The van der Waals surface area contributed by atoms with Crippen molar-refractivity contribution in [1.29, 1.82) is 0 Å². The summed E-state index contributed by atoms with van der Waals surface area (Å²) in [4.78, 5) is 20.7. The van der Waals surface area contributed by atoms with E-state index in [1.54, 1.807) is 35.5 Å². The minimum Gasteiger partial charge on any atom is -0.352 e. The van der Waals surface area contributed by atoms with Crippen LogP contribution in [0, 0.1) is 0 Å². The Morgan fingerprint density at radius 1 is 1.11 bits per heavy atom. The second kappa shape index (κ2) is 7.55. The van der Waals surface area contributed by atoms with Crippen LogP contribution in [0.15, 0.2) is 67.3 Å². The summed E-state index contributed by atoms with van der Waals surface area (Å²) < 4.78 is 1.80. The topological polar surface area (TPSA) is 72.7 Å². The third kappa shape index (κ3) is 3.96. The van der Waals surface area contributed by atoms with Gasteiger partial charge in [0.1, 0.15) is 0 Å². The molecule has 1 aromatic carbocycles. The van der Waals surface area contributed by atoms with Crippen molar-refractivity contribution < 1.29 is 4.79 Å². The highest BCUT2D eigenvalue weighted by Crippen LogP contribution is 2.18. The van der Waals surface area contributed by atoms with Crippen molar-refractivity contribution in [1.82, 2.24) is 25.1 Å². The smallest absolute Gasteiger partial charge is 0.226 e. The van der Waals surface area contributed by atoms with Gasteiger partial charge < -0.3 is 5.32 Å². The van der Waals surface area contributed by atoms with Gasteiger partial charge in [0.05, 0.1) is 35.7 Å². The van der Waals surface area contributed by atoms with E-state index in [1.807, 2.05) is 36.4 Å². The van der Waals surface area contributed by atoms with Gasteiger partial charge in [0.25, 0.3) is 0 Å². The number of nitrogens with one attached hydrogen (secondary N) is 1. The van der Waals surface area contributed by atoms with Crippen molar-refractivity contribution in [3.05, 3.63) is 83.5 Å².